The molecule has 0 saturated carbocycles. The van der Waals surface area contributed by atoms with Crippen molar-refractivity contribution in [2.45, 2.75) is 32.4 Å². The molecule has 6 heteroatoms. The molecule has 6 nitrogen and oxygen atoms in total. The molecule has 0 unspecified atom stereocenters. The number of hydrogen-bond acceptors (Lipinski definition) is 4. The molecule has 1 N–H and O–H groups in total. The van der Waals surface area contributed by atoms with E-state index in [-0.39, 0.29) is 11.9 Å². The highest BCUT2D eigenvalue weighted by Gasteiger charge is 2.21. The molecule has 1 saturated heterocycles. The van der Waals surface area contributed by atoms with Crippen molar-refractivity contribution in [3.63, 3.8) is 0 Å². The van der Waals surface area contributed by atoms with E-state index in [1.165, 1.54) is 5.56 Å². The van der Waals surface area contributed by atoms with Crippen molar-refractivity contribution < 1.29 is 4.79 Å². The van der Waals surface area contributed by atoms with Crippen molar-refractivity contribution in [1.29, 1.82) is 0 Å². The molecule has 0 aliphatic carbocycles. The summed E-state index contributed by atoms with van der Waals surface area (Å²) >= 11 is 0. The van der Waals surface area contributed by atoms with Crippen molar-refractivity contribution in [1.82, 2.24) is 20.1 Å². The number of benzene rings is 1. The molecule has 1 amide bonds. The predicted molar refractivity (Wildman–Crippen MR) is 84.3 cm³/mol. The molecular formula is C16H21N5O. The maximum absolute atomic E-state index is 11.8. The third kappa shape index (κ3) is 3.01. The largest absolute Gasteiger partial charge is 0.312 e. The van der Waals surface area contributed by atoms with Gasteiger partial charge in [0.05, 0.1) is 6.54 Å². The lowest BCUT2D eigenvalue weighted by molar-refractivity contribution is -0.117. The molecule has 1 aliphatic rings. The molecule has 0 radical (unpaired) electrons. The lowest BCUT2D eigenvalue weighted by Crippen LogP contribution is -2.24. The summed E-state index contributed by atoms with van der Waals surface area (Å²) < 4.78 is 1.77. The summed E-state index contributed by atoms with van der Waals surface area (Å²) in [4.78, 5) is 17.8. The van der Waals surface area contributed by atoms with Gasteiger partial charge in [-0.2, -0.15) is 5.10 Å². The van der Waals surface area contributed by atoms with Crippen molar-refractivity contribution in [2.75, 3.05) is 11.4 Å². The minimum absolute atomic E-state index is 0.208. The highest BCUT2D eigenvalue weighted by molar-refractivity contribution is 5.95. The normalized spacial score (nSPS) is 16.3. The number of aromatic nitrogens is 3. The monoisotopic (exact) mass is 299 g/mol. The van der Waals surface area contributed by atoms with Gasteiger partial charge in [-0.1, -0.05) is 12.1 Å². The second-order valence-corrected chi connectivity index (χ2v) is 5.64. The van der Waals surface area contributed by atoms with Crippen molar-refractivity contribution in [3.8, 4) is 0 Å². The highest BCUT2D eigenvalue weighted by atomic mass is 16.2. The Morgan fingerprint density at radius 1 is 1.32 bits per heavy atom. The first-order valence-corrected chi connectivity index (χ1v) is 7.62. The summed E-state index contributed by atoms with van der Waals surface area (Å²) in [6, 6.07) is 8.42. The molecule has 1 fully saturated rings. The zero-order valence-corrected chi connectivity index (χ0v) is 13.0. The van der Waals surface area contributed by atoms with Gasteiger partial charge in [0.15, 0.2) is 0 Å². The van der Waals surface area contributed by atoms with E-state index in [9.17, 15) is 4.79 Å². The third-order valence-electron chi connectivity index (χ3n) is 4.15. The lowest BCUT2D eigenvalue weighted by Gasteiger charge is -2.18. The van der Waals surface area contributed by atoms with Crippen molar-refractivity contribution in [3.05, 3.63) is 42.0 Å². The second kappa shape index (κ2) is 6.27. The first-order chi connectivity index (χ1) is 10.6. The number of carbonyl (C=O) groups is 1. The molecule has 2 aromatic rings. The van der Waals surface area contributed by atoms with Crippen LogP contribution >= 0.6 is 0 Å². The molecule has 1 atom stereocenters. The average molecular weight is 299 g/mol. The summed E-state index contributed by atoms with van der Waals surface area (Å²) in [6.45, 7) is 3.62. The SMILES string of the molecule is C[C@H](NCc1ncnn1C)c1ccc(N2CCCC2=O)cc1. The van der Waals surface area contributed by atoms with Crippen LogP contribution in [0.25, 0.3) is 0 Å². The van der Waals surface area contributed by atoms with E-state index in [1.54, 1.807) is 11.0 Å². The average Bonchev–Trinajstić information content (AvgIpc) is 3.13. The third-order valence-corrected chi connectivity index (χ3v) is 4.15. The number of aryl methyl sites for hydroxylation is 1. The van der Waals surface area contributed by atoms with Crippen LogP contribution in [0.15, 0.2) is 30.6 Å². The van der Waals surface area contributed by atoms with Crippen LogP contribution in [0.3, 0.4) is 0 Å². The quantitative estimate of drug-likeness (QED) is 0.914. The summed E-state index contributed by atoms with van der Waals surface area (Å²) in [5, 5.41) is 7.49. The Morgan fingerprint density at radius 3 is 2.68 bits per heavy atom. The molecule has 3 rings (SSSR count). The number of anilines is 1. The van der Waals surface area contributed by atoms with E-state index in [0.717, 1.165) is 24.5 Å². The molecule has 1 aromatic heterocycles. The van der Waals surface area contributed by atoms with E-state index in [0.29, 0.717) is 13.0 Å². The maximum Gasteiger partial charge on any atom is 0.227 e. The van der Waals surface area contributed by atoms with Crippen molar-refractivity contribution >= 4 is 11.6 Å². The fourth-order valence-electron chi connectivity index (χ4n) is 2.71. The number of rotatable bonds is 5. The molecule has 22 heavy (non-hydrogen) atoms. The second-order valence-electron chi connectivity index (χ2n) is 5.64. The van der Waals surface area contributed by atoms with Crippen LogP contribution in [0.5, 0.6) is 0 Å². The Balaban J connectivity index is 1.62. The van der Waals surface area contributed by atoms with E-state index in [1.807, 2.05) is 24.1 Å². The zero-order chi connectivity index (χ0) is 15.5. The molecule has 2 heterocycles. The summed E-state index contributed by atoms with van der Waals surface area (Å²) in [6.07, 6.45) is 3.18. The topological polar surface area (TPSA) is 63.1 Å². The number of carbonyl (C=O) groups excluding carboxylic acids is 1. The van der Waals surface area contributed by atoms with E-state index >= 15 is 0 Å². The van der Waals surface area contributed by atoms with Gasteiger partial charge in [-0.05, 0) is 31.0 Å². The van der Waals surface area contributed by atoms with Gasteiger partial charge >= 0.3 is 0 Å². The van der Waals surface area contributed by atoms with E-state index < -0.39 is 0 Å². The van der Waals surface area contributed by atoms with Gasteiger partial charge in [-0.25, -0.2) is 4.98 Å². The van der Waals surface area contributed by atoms with Gasteiger partial charge in [0.1, 0.15) is 12.2 Å². The molecule has 0 bridgehead atoms. The van der Waals surface area contributed by atoms with Gasteiger partial charge in [-0.3, -0.25) is 9.48 Å². The van der Waals surface area contributed by atoms with Gasteiger partial charge in [0, 0.05) is 31.7 Å². The Kier molecular flexibility index (Phi) is 4.20. The smallest absolute Gasteiger partial charge is 0.227 e. The predicted octanol–water partition coefficient (Wildman–Crippen LogP) is 1.79. The first kappa shape index (κ1) is 14.7. The van der Waals surface area contributed by atoms with E-state index in [2.05, 4.69) is 34.5 Å². The Hall–Kier alpha value is -2.21. The van der Waals surface area contributed by atoms with Crippen LogP contribution < -0.4 is 10.2 Å². The molecule has 1 aromatic carbocycles. The Morgan fingerprint density at radius 2 is 2.09 bits per heavy atom. The number of amides is 1. The maximum atomic E-state index is 11.8. The minimum Gasteiger partial charge on any atom is -0.312 e. The number of nitrogens with one attached hydrogen (secondary N) is 1. The first-order valence-electron chi connectivity index (χ1n) is 7.62. The van der Waals surface area contributed by atoms with Gasteiger partial charge < -0.3 is 10.2 Å². The molecule has 0 spiro atoms. The van der Waals surface area contributed by atoms with Crippen molar-refractivity contribution in [2.24, 2.45) is 7.05 Å². The number of hydrogen-bond donors (Lipinski definition) is 1. The van der Waals surface area contributed by atoms with Crippen LogP contribution in [0.1, 0.15) is 37.2 Å². The Labute approximate surface area is 130 Å². The zero-order valence-electron chi connectivity index (χ0n) is 13.0. The standard InChI is InChI=1S/C16H21N5O/c1-12(17-10-15-18-11-19-20(15)2)13-5-7-14(8-6-13)21-9-3-4-16(21)22/h5-8,11-12,17H,3-4,9-10H2,1-2H3/t12-/m0/s1. The van der Waals surface area contributed by atoms with E-state index in [4.69, 9.17) is 0 Å². The number of nitrogens with zero attached hydrogens (tertiary/aromatic N) is 4. The summed E-state index contributed by atoms with van der Waals surface area (Å²) in [7, 11) is 1.89. The fraction of sp³-hybridized carbons (Fsp3) is 0.438. The van der Waals surface area contributed by atoms with Crippen LogP contribution in [-0.2, 0) is 18.4 Å². The van der Waals surface area contributed by atoms with Gasteiger partial charge in [-0.15, -0.1) is 0 Å². The highest BCUT2D eigenvalue weighted by Crippen LogP contribution is 2.23. The van der Waals surface area contributed by atoms with Gasteiger partial charge in [0.2, 0.25) is 5.91 Å². The Bertz CT molecular complexity index is 649. The van der Waals surface area contributed by atoms with Crippen LogP contribution in [0, 0.1) is 0 Å². The molecule has 116 valence electrons. The molecule has 1 aliphatic heterocycles. The lowest BCUT2D eigenvalue weighted by atomic mass is 10.1. The van der Waals surface area contributed by atoms with Crippen LogP contribution in [0.4, 0.5) is 5.69 Å². The summed E-state index contributed by atoms with van der Waals surface area (Å²) in [5.41, 5.74) is 2.18. The fourth-order valence-corrected chi connectivity index (χ4v) is 2.71. The molecular weight excluding hydrogens is 278 g/mol. The van der Waals surface area contributed by atoms with Gasteiger partial charge in [0.25, 0.3) is 0 Å². The summed E-state index contributed by atoms with van der Waals surface area (Å²) in [5.74, 6) is 1.13. The van der Waals surface area contributed by atoms with Crippen LogP contribution in [-0.4, -0.2) is 27.2 Å². The minimum atomic E-state index is 0.208. The van der Waals surface area contributed by atoms with Crippen LogP contribution in [0.2, 0.25) is 0 Å².